The highest BCUT2D eigenvalue weighted by Gasteiger charge is 2.28. The van der Waals surface area contributed by atoms with E-state index in [1.807, 2.05) is 0 Å². The van der Waals surface area contributed by atoms with Crippen molar-refractivity contribution in [3.63, 3.8) is 0 Å². The van der Waals surface area contributed by atoms with Crippen LogP contribution in [0.5, 0.6) is 5.75 Å². The molecule has 1 aromatic rings. The summed E-state index contributed by atoms with van der Waals surface area (Å²) in [4.78, 5) is 11.4. The van der Waals surface area contributed by atoms with Crippen molar-refractivity contribution < 1.29 is 22.7 Å². The number of benzene rings is 1. The molecule has 0 fully saturated rings. The van der Waals surface area contributed by atoms with Crippen molar-refractivity contribution in [2.75, 3.05) is 25.0 Å². The van der Waals surface area contributed by atoms with Crippen LogP contribution in [-0.4, -0.2) is 31.8 Å². The maximum Gasteiger partial charge on any atom is 0.422 e. The van der Waals surface area contributed by atoms with E-state index in [4.69, 9.17) is 0 Å². The molecule has 0 saturated carbocycles. The zero-order valence-corrected chi connectivity index (χ0v) is 10.7. The third-order valence-electron chi connectivity index (χ3n) is 2.11. The Hall–Kier alpha value is -2.02. The van der Waals surface area contributed by atoms with Gasteiger partial charge in [-0.25, -0.2) is 0 Å². The predicted molar refractivity (Wildman–Crippen MR) is 69.7 cm³/mol. The van der Waals surface area contributed by atoms with Crippen molar-refractivity contribution in [3.8, 4) is 5.75 Å². The monoisotopic (exact) mass is 288 g/mol. The fourth-order valence-electron chi connectivity index (χ4n) is 1.29. The summed E-state index contributed by atoms with van der Waals surface area (Å²) in [7, 11) is 0. The second kappa shape index (κ2) is 7.54. The second-order valence-corrected chi connectivity index (χ2v) is 3.90. The average molecular weight is 288 g/mol. The molecule has 0 radical (unpaired) electrons. The first-order valence-corrected chi connectivity index (χ1v) is 5.82. The molecule has 20 heavy (non-hydrogen) atoms. The van der Waals surface area contributed by atoms with Crippen molar-refractivity contribution in [3.05, 3.63) is 36.9 Å². The molecule has 0 aliphatic heterocycles. The minimum atomic E-state index is -4.37. The largest absolute Gasteiger partial charge is 0.484 e. The van der Waals surface area contributed by atoms with Crippen LogP contribution in [0.4, 0.5) is 18.9 Å². The first kappa shape index (κ1) is 16.0. The average Bonchev–Trinajstić information content (AvgIpc) is 2.37. The van der Waals surface area contributed by atoms with E-state index < -0.39 is 12.8 Å². The van der Waals surface area contributed by atoms with Crippen LogP contribution < -0.4 is 15.4 Å². The van der Waals surface area contributed by atoms with Crippen molar-refractivity contribution in [1.29, 1.82) is 0 Å². The number of hydrogen-bond acceptors (Lipinski definition) is 3. The molecule has 0 heterocycles. The molecular weight excluding hydrogens is 273 g/mol. The normalized spacial score (nSPS) is 10.9. The number of alkyl halides is 3. The van der Waals surface area contributed by atoms with Gasteiger partial charge in [0.1, 0.15) is 5.75 Å². The van der Waals surface area contributed by atoms with Gasteiger partial charge in [-0.05, 0) is 24.3 Å². The number of halogens is 3. The van der Waals surface area contributed by atoms with Crippen molar-refractivity contribution in [1.82, 2.24) is 5.32 Å². The molecule has 110 valence electrons. The quantitative estimate of drug-likeness (QED) is 0.598. The molecule has 0 bridgehead atoms. The number of amides is 1. The first-order valence-electron chi connectivity index (χ1n) is 5.82. The molecule has 1 rings (SSSR count). The van der Waals surface area contributed by atoms with Crippen LogP contribution in [0.25, 0.3) is 0 Å². The van der Waals surface area contributed by atoms with Gasteiger partial charge in [0.25, 0.3) is 0 Å². The molecule has 0 aromatic heterocycles. The Kier molecular flexibility index (Phi) is 6.05. The lowest BCUT2D eigenvalue weighted by Crippen LogP contribution is -2.28. The smallest absolute Gasteiger partial charge is 0.422 e. The Labute approximate surface area is 114 Å². The van der Waals surface area contributed by atoms with Gasteiger partial charge in [-0.15, -0.1) is 6.58 Å². The van der Waals surface area contributed by atoms with Crippen LogP contribution in [0, 0.1) is 0 Å². The zero-order valence-electron chi connectivity index (χ0n) is 10.7. The highest BCUT2D eigenvalue weighted by Crippen LogP contribution is 2.20. The highest BCUT2D eigenvalue weighted by atomic mass is 19.4. The lowest BCUT2D eigenvalue weighted by Gasteiger charge is -2.10. The fraction of sp³-hybridized carbons (Fsp3) is 0.308. The van der Waals surface area contributed by atoms with Gasteiger partial charge in [0.05, 0.1) is 6.54 Å². The lowest BCUT2D eigenvalue weighted by atomic mass is 10.3. The van der Waals surface area contributed by atoms with Crippen LogP contribution >= 0.6 is 0 Å². The number of carbonyl (C=O) groups is 1. The van der Waals surface area contributed by atoms with E-state index in [0.717, 1.165) is 0 Å². The highest BCUT2D eigenvalue weighted by molar-refractivity contribution is 5.92. The molecule has 7 heteroatoms. The van der Waals surface area contributed by atoms with Gasteiger partial charge in [-0.3, -0.25) is 4.79 Å². The molecule has 1 aromatic carbocycles. The van der Waals surface area contributed by atoms with Gasteiger partial charge in [0, 0.05) is 12.2 Å². The van der Waals surface area contributed by atoms with E-state index in [-0.39, 0.29) is 18.2 Å². The Morgan fingerprint density at radius 1 is 1.30 bits per heavy atom. The summed E-state index contributed by atoms with van der Waals surface area (Å²) in [6, 6.07) is 5.66. The van der Waals surface area contributed by atoms with E-state index in [9.17, 15) is 18.0 Å². The summed E-state index contributed by atoms with van der Waals surface area (Å²) in [6.07, 6.45) is -2.75. The topological polar surface area (TPSA) is 50.4 Å². The van der Waals surface area contributed by atoms with Gasteiger partial charge in [0.15, 0.2) is 6.61 Å². The maximum atomic E-state index is 11.9. The van der Waals surface area contributed by atoms with E-state index in [1.165, 1.54) is 24.3 Å². The number of carbonyl (C=O) groups excluding carboxylic acids is 1. The Bertz CT molecular complexity index is 444. The Morgan fingerprint density at radius 2 is 1.95 bits per heavy atom. The van der Waals surface area contributed by atoms with E-state index in [2.05, 4.69) is 21.9 Å². The van der Waals surface area contributed by atoms with Crippen molar-refractivity contribution in [2.24, 2.45) is 0 Å². The molecule has 4 nitrogen and oxygen atoms in total. The SMILES string of the molecule is C=CCNCC(=O)Nc1ccc(OCC(F)(F)F)cc1. The summed E-state index contributed by atoms with van der Waals surface area (Å²) in [5.41, 5.74) is 0.481. The lowest BCUT2D eigenvalue weighted by molar-refractivity contribution is -0.153. The van der Waals surface area contributed by atoms with Crippen molar-refractivity contribution >= 4 is 11.6 Å². The summed E-state index contributed by atoms with van der Waals surface area (Å²) < 4.78 is 40.4. The summed E-state index contributed by atoms with van der Waals surface area (Å²) in [5.74, 6) is -0.166. The van der Waals surface area contributed by atoms with Crippen LogP contribution in [0.15, 0.2) is 36.9 Å². The standard InChI is InChI=1S/C13H15F3N2O2/c1-2-7-17-8-12(19)18-10-3-5-11(6-4-10)20-9-13(14,15)16/h2-6,17H,1,7-9H2,(H,18,19). The minimum Gasteiger partial charge on any atom is -0.484 e. The third kappa shape index (κ3) is 6.79. The summed E-state index contributed by atoms with van der Waals surface area (Å²) in [6.45, 7) is 2.79. The number of hydrogen-bond donors (Lipinski definition) is 2. The van der Waals surface area contributed by atoms with Crippen LogP contribution in [0.2, 0.25) is 0 Å². The minimum absolute atomic E-state index is 0.0881. The van der Waals surface area contributed by atoms with E-state index >= 15 is 0 Å². The summed E-state index contributed by atoms with van der Waals surface area (Å²) >= 11 is 0. The molecule has 0 aliphatic rings. The first-order chi connectivity index (χ1) is 9.40. The van der Waals surface area contributed by atoms with Crippen LogP contribution in [-0.2, 0) is 4.79 Å². The molecule has 1 amide bonds. The second-order valence-electron chi connectivity index (χ2n) is 3.90. The Morgan fingerprint density at radius 3 is 2.50 bits per heavy atom. The van der Waals surface area contributed by atoms with Gasteiger partial charge >= 0.3 is 6.18 Å². The van der Waals surface area contributed by atoms with Gasteiger partial charge in [-0.1, -0.05) is 6.08 Å². The van der Waals surface area contributed by atoms with E-state index in [0.29, 0.717) is 12.2 Å². The maximum absolute atomic E-state index is 11.9. The Balaban J connectivity index is 2.42. The number of rotatable bonds is 7. The van der Waals surface area contributed by atoms with Gasteiger partial charge in [-0.2, -0.15) is 13.2 Å². The van der Waals surface area contributed by atoms with Crippen LogP contribution in [0.3, 0.4) is 0 Å². The molecule has 0 unspecified atom stereocenters. The zero-order chi connectivity index (χ0) is 15.0. The fourth-order valence-corrected chi connectivity index (χ4v) is 1.29. The molecule has 0 aliphatic carbocycles. The van der Waals surface area contributed by atoms with Gasteiger partial charge in [0.2, 0.25) is 5.91 Å². The van der Waals surface area contributed by atoms with Crippen molar-refractivity contribution in [2.45, 2.75) is 6.18 Å². The molecule has 0 atom stereocenters. The number of ether oxygens (including phenoxy) is 1. The van der Waals surface area contributed by atoms with Crippen LogP contribution in [0.1, 0.15) is 0 Å². The number of nitrogens with one attached hydrogen (secondary N) is 2. The summed E-state index contributed by atoms with van der Waals surface area (Å²) in [5, 5.41) is 5.41. The molecule has 2 N–H and O–H groups in total. The van der Waals surface area contributed by atoms with Gasteiger partial charge < -0.3 is 15.4 Å². The number of anilines is 1. The molecule has 0 saturated heterocycles. The molecular formula is C13H15F3N2O2. The molecule has 0 spiro atoms. The third-order valence-corrected chi connectivity index (χ3v) is 2.11. The van der Waals surface area contributed by atoms with E-state index in [1.54, 1.807) is 6.08 Å². The predicted octanol–water partition coefficient (Wildman–Crippen LogP) is 2.34.